The Morgan fingerprint density at radius 2 is 1.65 bits per heavy atom. The van der Waals surface area contributed by atoms with E-state index in [-0.39, 0.29) is 17.9 Å². The Hall–Kier alpha value is -2.29. The van der Waals surface area contributed by atoms with Crippen LogP contribution in [0.25, 0.3) is 0 Å². The largest absolute Gasteiger partial charge is 0.354 e. The molecule has 0 bridgehead atoms. The molecule has 204 valence electrons. The smallest absolute Gasteiger partial charge is 0.244 e. The molecule has 0 saturated carbocycles. The Morgan fingerprint density at radius 1 is 1.03 bits per heavy atom. The maximum Gasteiger partial charge on any atom is 0.244 e. The van der Waals surface area contributed by atoms with Gasteiger partial charge in [0.15, 0.2) is 0 Å². The van der Waals surface area contributed by atoms with Gasteiger partial charge in [-0.15, -0.1) is 0 Å². The molecule has 0 aromatic heterocycles. The van der Waals surface area contributed by atoms with Crippen molar-refractivity contribution in [3.05, 3.63) is 63.6 Å². The lowest BCUT2D eigenvalue weighted by Gasteiger charge is -2.33. The van der Waals surface area contributed by atoms with Crippen LogP contribution in [-0.2, 0) is 31.6 Å². The Morgan fingerprint density at radius 3 is 2.14 bits per heavy atom. The quantitative estimate of drug-likeness (QED) is 0.393. The van der Waals surface area contributed by atoms with Crippen molar-refractivity contribution >= 4 is 50.7 Å². The molecule has 1 atom stereocenters. The summed E-state index contributed by atoms with van der Waals surface area (Å²) >= 11 is 12.4. The van der Waals surface area contributed by atoms with E-state index in [1.54, 1.807) is 37.3 Å². The summed E-state index contributed by atoms with van der Waals surface area (Å²) in [6.45, 7) is 9.96. The van der Waals surface area contributed by atoms with Gasteiger partial charge in [0.1, 0.15) is 12.6 Å². The minimum absolute atomic E-state index is 0.0213. The highest BCUT2D eigenvalue weighted by Gasteiger charge is 2.32. The van der Waals surface area contributed by atoms with Crippen LogP contribution < -0.4 is 9.62 Å². The molecule has 2 amide bonds. The van der Waals surface area contributed by atoms with Crippen molar-refractivity contribution in [2.45, 2.75) is 65.5 Å². The standard InChI is InChI=1S/C27H37Cl2N3O4S/c1-7-15-30-26(34)24(8-2)31(17-19-9-12-21(28)16-23(19)29)25(33)18-32(37(6,35)36)22-13-10-20(11-14-22)27(3,4)5/h9-14,16,24H,7-8,15,17-18H2,1-6H3,(H,30,34). The summed E-state index contributed by atoms with van der Waals surface area (Å²) in [5.41, 5.74) is 1.89. The van der Waals surface area contributed by atoms with Gasteiger partial charge in [-0.1, -0.05) is 76.0 Å². The summed E-state index contributed by atoms with van der Waals surface area (Å²) in [6, 6.07) is 11.2. The molecule has 0 spiro atoms. The highest BCUT2D eigenvalue weighted by molar-refractivity contribution is 7.92. The van der Waals surface area contributed by atoms with Crippen LogP contribution in [0.5, 0.6) is 0 Å². The summed E-state index contributed by atoms with van der Waals surface area (Å²) in [7, 11) is -3.81. The number of hydrogen-bond acceptors (Lipinski definition) is 4. The molecule has 2 aromatic carbocycles. The molecular formula is C27H37Cl2N3O4S. The number of carbonyl (C=O) groups is 2. The third-order valence-corrected chi connectivity index (χ3v) is 7.72. The topological polar surface area (TPSA) is 86.8 Å². The van der Waals surface area contributed by atoms with E-state index in [4.69, 9.17) is 23.2 Å². The number of nitrogens with one attached hydrogen (secondary N) is 1. The van der Waals surface area contributed by atoms with Crippen LogP contribution in [-0.4, -0.2) is 50.5 Å². The first-order valence-corrected chi connectivity index (χ1v) is 14.9. The van der Waals surface area contributed by atoms with Crippen molar-refractivity contribution < 1.29 is 18.0 Å². The van der Waals surface area contributed by atoms with Crippen molar-refractivity contribution in [1.82, 2.24) is 10.2 Å². The molecule has 0 aliphatic rings. The van der Waals surface area contributed by atoms with Gasteiger partial charge in [0, 0.05) is 23.1 Å². The van der Waals surface area contributed by atoms with E-state index in [9.17, 15) is 18.0 Å². The Labute approximate surface area is 231 Å². The summed E-state index contributed by atoms with van der Waals surface area (Å²) in [4.78, 5) is 28.1. The zero-order valence-corrected chi connectivity index (χ0v) is 24.7. The second kappa shape index (κ2) is 13.0. The highest BCUT2D eigenvalue weighted by atomic mass is 35.5. The fraction of sp³-hybridized carbons (Fsp3) is 0.481. The molecule has 0 radical (unpaired) electrons. The van der Waals surface area contributed by atoms with Crippen LogP contribution in [0.4, 0.5) is 5.69 Å². The van der Waals surface area contributed by atoms with Gasteiger partial charge in [0.2, 0.25) is 21.8 Å². The minimum atomic E-state index is -3.81. The first kappa shape index (κ1) is 30.9. The maximum absolute atomic E-state index is 13.7. The number of hydrogen-bond donors (Lipinski definition) is 1. The maximum atomic E-state index is 13.7. The normalized spacial score (nSPS) is 12.6. The molecule has 1 N–H and O–H groups in total. The molecule has 0 fully saturated rings. The van der Waals surface area contributed by atoms with Crippen LogP contribution >= 0.6 is 23.2 Å². The van der Waals surface area contributed by atoms with Crippen LogP contribution in [0.1, 0.15) is 58.6 Å². The molecule has 37 heavy (non-hydrogen) atoms. The molecule has 2 aromatic rings. The number of benzene rings is 2. The van der Waals surface area contributed by atoms with E-state index in [0.717, 1.165) is 22.5 Å². The molecule has 10 heteroatoms. The van der Waals surface area contributed by atoms with Gasteiger partial charge >= 0.3 is 0 Å². The molecule has 0 saturated heterocycles. The van der Waals surface area contributed by atoms with Crippen LogP contribution in [0.3, 0.4) is 0 Å². The molecule has 1 unspecified atom stereocenters. The van der Waals surface area contributed by atoms with Gasteiger partial charge in [0.25, 0.3) is 0 Å². The second-order valence-electron chi connectivity index (χ2n) is 10.0. The highest BCUT2D eigenvalue weighted by Crippen LogP contribution is 2.27. The average molecular weight is 571 g/mol. The van der Waals surface area contributed by atoms with E-state index in [2.05, 4.69) is 26.1 Å². The van der Waals surface area contributed by atoms with Crippen LogP contribution in [0.2, 0.25) is 10.0 Å². The van der Waals surface area contributed by atoms with E-state index < -0.39 is 28.5 Å². The SMILES string of the molecule is CCCNC(=O)C(CC)N(Cc1ccc(Cl)cc1Cl)C(=O)CN(c1ccc(C(C)(C)C)cc1)S(C)(=O)=O. The minimum Gasteiger partial charge on any atom is -0.354 e. The summed E-state index contributed by atoms with van der Waals surface area (Å²) in [5.74, 6) is -0.821. The van der Waals surface area contributed by atoms with Crippen molar-refractivity contribution in [1.29, 1.82) is 0 Å². The van der Waals surface area contributed by atoms with E-state index in [0.29, 0.717) is 34.3 Å². The molecular weight excluding hydrogens is 533 g/mol. The van der Waals surface area contributed by atoms with Crippen LogP contribution in [0.15, 0.2) is 42.5 Å². The van der Waals surface area contributed by atoms with Gasteiger partial charge in [0.05, 0.1) is 11.9 Å². The fourth-order valence-electron chi connectivity index (χ4n) is 3.86. The average Bonchev–Trinajstić information content (AvgIpc) is 2.81. The molecule has 7 nitrogen and oxygen atoms in total. The molecule has 2 rings (SSSR count). The summed E-state index contributed by atoms with van der Waals surface area (Å²) < 4.78 is 26.6. The number of rotatable bonds is 11. The predicted octanol–water partition coefficient (Wildman–Crippen LogP) is 5.39. The fourth-order valence-corrected chi connectivity index (χ4v) is 5.18. The molecule has 0 aliphatic carbocycles. The van der Waals surface area contributed by atoms with Gasteiger partial charge in [-0.3, -0.25) is 13.9 Å². The van der Waals surface area contributed by atoms with Gasteiger partial charge in [-0.25, -0.2) is 8.42 Å². The summed E-state index contributed by atoms with van der Waals surface area (Å²) in [5, 5.41) is 3.64. The monoisotopic (exact) mass is 569 g/mol. The number of sulfonamides is 1. The van der Waals surface area contributed by atoms with Crippen molar-refractivity contribution in [3.63, 3.8) is 0 Å². The third-order valence-electron chi connectivity index (χ3n) is 5.99. The zero-order valence-electron chi connectivity index (χ0n) is 22.3. The Balaban J connectivity index is 2.46. The molecule has 0 aliphatic heterocycles. The van der Waals surface area contributed by atoms with Gasteiger partial charge in [-0.05, 0) is 53.6 Å². The number of carbonyl (C=O) groups excluding carboxylic acids is 2. The number of amides is 2. The lowest BCUT2D eigenvalue weighted by molar-refractivity contribution is -0.140. The Bertz CT molecular complexity index is 1200. The van der Waals surface area contributed by atoms with Gasteiger partial charge in [-0.2, -0.15) is 0 Å². The third kappa shape index (κ3) is 8.62. The van der Waals surface area contributed by atoms with Crippen molar-refractivity contribution in [2.75, 3.05) is 23.7 Å². The van der Waals surface area contributed by atoms with Crippen molar-refractivity contribution in [2.24, 2.45) is 0 Å². The predicted molar refractivity (Wildman–Crippen MR) is 152 cm³/mol. The van der Waals surface area contributed by atoms with E-state index in [1.165, 1.54) is 4.90 Å². The lowest BCUT2D eigenvalue weighted by Crippen LogP contribution is -2.52. The van der Waals surface area contributed by atoms with Gasteiger partial charge < -0.3 is 10.2 Å². The second-order valence-corrected chi connectivity index (χ2v) is 12.8. The summed E-state index contributed by atoms with van der Waals surface area (Å²) in [6.07, 6.45) is 2.14. The lowest BCUT2D eigenvalue weighted by atomic mass is 9.87. The zero-order chi connectivity index (χ0) is 28.0. The van der Waals surface area contributed by atoms with E-state index in [1.807, 2.05) is 19.1 Å². The number of anilines is 1. The van der Waals surface area contributed by atoms with E-state index >= 15 is 0 Å². The number of nitrogens with zero attached hydrogens (tertiary/aromatic N) is 2. The Kier molecular flexibility index (Phi) is 10.9. The first-order chi connectivity index (χ1) is 17.2. The molecule has 0 heterocycles. The first-order valence-electron chi connectivity index (χ1n) is 12.3. The van der Waals surface area contributed by atoms with Crippen LogP contribution in [0, 0.1) is 0 Å². The van der Waals surface area contributed by atoms with Crippen molar-refractivity contribution in [3.8, 4) is 0 Å². The number of halogens is 2.